The molecule has 2 aliphatic rings. The predicted molar refractivity (Wildman–Crippen MR) is 142 cm³/mol. The average molecular weight is 459 g/mol. The zero-order chi connectivity index (χ0) is 23.7. The van der Waals surface area contributed by atoms with Gasteiger partial charge in [0.05, 0.1) is 0 Å². The zero-order valence-corrected chi connectivity index (χ0v) is 20.7. The Kier molecular flexibility index (Phi) is 8.64. The molecule has 2 aliphatic heterocycles. The molecule has 2 fully saturated rings. The summed E-state index contributed by atoms with van der Waals surface area (Å²) in [6.45, 7) is 7.88. The highest BCUT2D eigenvalue weighted by Crippen LogP contribution is 2.40. The number of hydroxylamine groups is 2. The first-order valence-electron chi connectivity index (χ1n) is 13.1. The van der Waals surface area contributed by atoms with Crippen molar-refractivity contribution in [1.29, 1.82) is 0 Å². The van der Waals surface area contributed by atoms with E-state index in [0.29, 0.717) is 0 Å². The van der Waals surface area contributed by atoms with Crippen LogP contribution in [-0.4, -0.2) is 41.3 Å². The minimum Gasteiger partial charge on any atom is -0.377 e. The Labute approximate surface area is 206 Å². The molecule has 0 amide bonds. The van der Waals surface area contributed by atoms with Gasteiger partial charge in [-0.3, -0.25) is 0 Å². The van der Waals surface area contributed by atoms with Crippen LogP contribution in [0.2, 0.25) is 0 Å². The first-order chi connectivity index (χ1) is 16.6. The molecule has 182 valence electrons. The van der Waals surface area contributed by atoms with Crippen molar-refractivity contribution in [2.45, 2.75) is 57.8 Å². The average Bonchev–Trinajstić information content (AvgIpc) is 2.85. The van der Waals surface area contributed by atoms with Crippen molar-refractivity contribution in [3.63, 3.8) is 0 Å². The third-order valence-corrected chi connectivity index (χ3v) is 7.99. The lowest BCUT2D eigenvalue weighted by Crippen LogP contribution is -2.42. The summed E-state index contributed by atoms with van der Waals surface area (Å²) in [6.07, 6.45) is 17.0. The van der Waals surface area contributed by atoms with Gasteiger partial charge in [-0.15, -0.1) is 6.58 Å². The molecule has 1 N–H and O–H groups in total. The molecule has 0 spiro atoms. The molecule has 2 aromatic carbocycles. The molecule has 0 radical (unpaired) electrons. The van der Waals surface area contributed by atoms with Crippen LogP contribution >= 0.6 is 0 Å². The van der Waals surface area contributed by atoms with Gasteiger partial charge < -0.3 is 10.1 Å². The van der Waals surface area contributed by atoms with E-state index in [9.17, 15) is 5.21 Å². The zero-order valence-electron chi connectivity index (χ0n) is 20.7. The van der Waals surface area contributed by atoms with Crippen LogP contribution in [0.1, 0.15) is 56.1 Å². The molecule has 2 atom stereocenters. The highest BCUT2D eigenvalue weighted by molar-refractivity contribution is 5.18. The van der Waals surface area contributed by atoms with Gasteiger partial charge in [-0.05, 0) is 85.9 Å². The smallest absolute Gasteiger partial charge is 0.0297 e. The summed E-state index contributed by atoms with van der Waals surface area (Å²) in [5.74, 6) is 0. The number of rotatable bonds is 10. The quantitative estimate of drug-likeness (QED) is 0.393. The third kappa shape index (κ3) is 6.84. The molecule has 0 saturated carbocycles. The molecule has 0 aliphatic carbocycles. The summed E-state index contributed by atoms with van der Waals surface area (Å²) in [5, 5.41) is 11.9. The van der Waals surface area contributed by atoms with Gasteiger partial charge in [0.1, 0.15) is 0 Å². The number of nitrogens with zero attached hydrogens (tertiary/aromatic N) is 2. The van der Waals surface area contributed by atoms with Crippen LogP contribution in [0.15, 0.2) is 85.6 Å². The number of piperidine rings is 2. The number of hydrogen-bond donors (Lipinski definition) is 1. The monoisotopic (exact) mass is 458 g/mol. The van der Waals surface area contributed by atoms with Crippen molar-refractivity contribution in [2.24, 2.45) is 10.8 Å². The van der Waals surface area contributed by atoms with E-state index >= 15 is 0 Å². The second kappa shape index (κ2) is 11.9. The largest absolute Gasteiger partial charge is 0.377 e. The van der Waals surface area contributed by atoms with Gasteiger partial charge in [-0.1, -0.05) is 72.8 Å². The number of likely N-dealkylation sites (tertiary alicyclic amines) is 1. The third-order valence-electron chi connectivity index (χ3n) is 7.99. The second-order valence-corrected chi connectivity index (χ2v) is 10.8. The molecule has 0 aromatic heterocycles. The molecule has 2 heterocycles. The standard InChI is InChI=1S/C31H42N2O/c1-2-17-31(25-29-14-7-4-8-15-29)20-10-23-32(26-31)22-9-18-30(19-11-24-33(34)27-30)21-16-28-12-5-3-6-13-28/h2-9,12-15,22,34H,1,10-11,16-21,23-27H2/b22-9+/t30-,31-/m1/s1. The highest BCUT2D eigenvalue weighted by Gasteiger charge is 2.35. The lowest BCUT2D eigenvalue weighted by Gasteiger charge is -2.43. The fraction of sp³-hybridized carbons (Fsp3) is 0.484. The molecular weight excluding hydrogens is 416 g/mol. The predicted octanol–water partition coefficient (Wildman–Crippen LogP) is 6.90. The lowest BCUT2D eigenvalue weighted by atomic mass is 9.72. The summed E-state index contributed by atoms with van der Waals surface area (Å²) in [7, 11) is 0. The van der Waals surface area contributed by atoms with E-state index in [0.717, 1.165) is 64.7 Å². The Hall–Kier alpha value is -2.36. The van der Waals surface area contributed by atoms with E-state index < -0.39 is 0 Å². The molecule has 3 heteroatoms. The fourth-order valence-corrected chi connectivity index (χ4v) is 6.25. The van der Waals surface area contributed by atoms with Crippen molar-refractivity contribution < 1.29 is 5.21 Å². The maximum absolute atomic E-state index is 10.3. The van der Waals surface area contributed by atoms with Gasteiger partial charge in [-0.25, -0.2) is 0 Å². The number of aryl methyl sites for hydroxylation is 1. The summed E-state index contributed by atoms with van der Waals surface area (Å²) in [6, 6.07) is 21.7. The van der Waals surface area contributed by atoms with Crippen LogP contribution in [0, 0.1) is 10.8 Å². The van der Waals surface area contributed by atoms with Gasteiger partial charge in [0.15, 0.2) is 0 Å². The topological polar surface area (TPSA) is 26.7 Å². The summed E-state index contributed by atoms with van der Waals surface area (Å²) >= 11 is 0. The number of allylic oxidation sites excluding steroid dienone is 2. The second-order valence-electron chi connectivity index (χ2n) is 10.8. The van der Waals surface area contributed by atoms with E-state index in [-0.39, 0.29) is 10.8 Å². The minimum atomic E-state index is 0.150. The van der Waals surface area contributed by atoms with E-state index in [1.54, 1.807) is 5.06 Å². The van der Waals surface area contributed by atoms with Gasteiger partial charge in [-0.2, -0.15) is 5.06 Å². The Bertz CT molecular complexity index is 912. The van der Waals surface area contributed by atoms with Crippen LogP contribution in [0.3, 0.4) is 0 Å². The van der Waals surface area contributed by atoms with Crippen molar-refractivity contribution in [3.8, 4) is 0 Å². The summed E-state index contributed by atoms with van der Waals surface area (Å²) < 4.78 is 0. The Morgan fingerprint density at radius 2 is 1.50 bits per heavy atom. The molecule has 3 nitrogen and oxygen atoms in total. The van der Waals surface area contributed by atoms with E-state index in [2.05, 4.69) is 90.5 Å². The van der Waals surface area contributed by atoms with Crippen molar-refractivity contribution in [3.05, 3.63) is 96.7 Å². The maximum atomic E-state index is 10.3. The number of benzene rings is 2. The van der Waals surface area contributed by atoms with Crippen LogP contribution < -0.4 is 0 Å². The Morgan fingerprint density at radius 3 is 2.21 bits per heavy atom. The molecule has 2 saturated heterocycles. The van der Waals surface area contributed by atoms with Crippen molar-refractivity contribution in [1.82, 2.24) is 9.96 Å². The van der Waals surface area contributed by atoms with Crippen LogP contribution in [0.5, 0.6) is 0 Å². The number of hydrogen-bond acceptors (Lipinski definition) is 3. The van der Waals surface area contributed by atoms with E-state index in [1.807, 2.05) is 0 Å². The normalized spacial score (nSPS) is 26.1. The molecule has 0 bridgehead atoms. The van der Waals surface area contributed by atoms with Gasteiger partial charge in [0, 0.05) is 26.2 Å². The maximum Gasteiger partial charge on any atom is 0.0297 e. The van der Waals surface area contributed by atoms with Crippen LogP contribution in [0.25, 0.3) is 0 Å². The molecule has 2 aromatic rings. The first kappa shape index (κ1) is 24.8. The Balaban J connectivity index is 1.41. The van der Waals surface area contributed by atoms with E-state index in [1.165, 1.54) is 30.4 Å². The molecule has 34 heavy (non-hydrogen) atoms. The lowest BCUT2D eigenvalue weighted by molar-refractivity contribution is -0.140. The van der Waals surface area contributed by atoms with Crippen LogP contribution in [-0.2, 0) is 12.8 Å². The molecule has 4 rings (SSSR count). The van der Waals surface area contributed by atoms with Gasteiger partial charge in [0.25, 0.3) is 0 Å². The van der Waals surface area contributed by atoms with Crippen molar-refractivity contribution in [2.75, 3.05) is 26.2 Å². The van der Waals surface area contributed by atoms with Gasteiger partial charge >= 0.3 is 0 Å². The Morgan fingerprint density at radius 1 is 0.824 bits per heavy atom. The van der Waals surface area contributed by atoms with Gasteiger partial charge in [0.2, 0.25) is 0 Å². The van der Waals surface area contributed by atoms with Crippen molar-refractivity contribution >= 4 is 0 Å². The first-order valence-corrected chi connectivity index (χ1v) is 13.1. The molecule has 0 unspecified atom stereocenters. The summed E-state index contributed by atoms with van der Waals surface area (Å²) in [5.41, 5.74) is 3.24. The SMILES string of the molecule is C=CC[C@]1(Cc2ccccc2)CCCN(/C=C/C[C@]2(CCc3ccccc3)CCCN(O)C2)C1. The van der Waals surface area contributed by atoms with E-state index in [4.69, 9.17) is 0 Å². The fourth-order valence-electron chi connectivity index (χ4n) is 6.25. The van der Waals surface area contributed by atoms with Crippen LogP contribution in [0.4, 0.5) is 0 Å². The highest BCUT2D eigenvalue weighted by atomic mass is 16.5. The minimum absolute atomic E-state index is 0.150. The molecular formula is C31H42N2O. The summed E-state index contributed by atoms with van der Waals surface area (Å²) in [4.78, 5) is 2.54.